The number of hydrogen-bond acceptors (Lipinski definition) is 4. The van der Waals surface area contributed by atoms with Gasteiger partial charge < -0.3 is 9.84 Å². The molecular formula is C18H32O4. The Morgan fingerprint density at radius 2 is 1.50 bits per heavy atom. The first-order chi connectivity index (χ1) is 10.5. The van der Waals surface area contributed by atoms with Crippen LogP contribution in [0, 0.1) is 0 Å². The zero-order chi connectivity index (χ0) is 16.8. The van der Waals surface area contributed by atoms with Gasteiger partial charge >= 0.3 is 5.97 Å². The van der Waals surface area contributed by atoms with E-state index in [2.05, 4.69) is 11.7 Å². The second-order valence-corrected chi connectivity index (χ2v) is 5.78. The second kappa shape index (κ2) is 13.5. The summed E-state index contributed by atoms with van der Waals surface area (Å²) in [5, 5.41) is 9.71. The van der Waals surface area contributed by atoms with Crippen molar-refractivity contribution in [3.05, 3.63) is 11.6 Å². The Morgan fingerprint density at radius 3 is 1.95 bits per heavy atom. The molecule has 1 atom stereocenters. The van der Waals surface area contributed by atoms with Crippen molar-refractivity contribution in [3.63, 3.8) is 0 Å². The van der Waals surface area contributed by atoms with E-state index in [-0.39, 0.29) is 5.57 Å². The van der Waals surface area contributed by atoms with Gasteiger partial charge in [0.25, 0.3) is 0 Å². The van der Waals surface area contributed by atoms with Crippen molar-refractivity contribution in [2.24, 2.45) is 0 Å². The van der Waals surface area contributed by atoms with Gasteiger partial charge in [0.15, 0.2) is 5.78 Å². The van der Waals surface area contributed by atoms with Crippen LogP contribution >= 0.6 is 0 Å². The molecule has 22 heavy (non-hydrogen) atoms. The highest BCUT2D eigenvalue weighted by atomic mass is 16.5. The van der Waals surface area contributed by atoms with E-state index in [1.807, 2.05) is 0 Å². The number of rotatable bonds is 13. The number of ketones is 1. The Balaban J connectivity index is 3.91. The Morgan fingerprint density at radius 1 is 1.00 bits per heavy atom. The molecule has 0 aromatic rings. The summed E-state index contributed by atoms with van der Waals surface area (Å²) < 4.78 is 4.61. The molecule has 4 heteroatoms. The number of carbonyl (C=O) groups is 2. The molecule has 0 fully saturated rings. The molecule has 0 aromatic heterocycles. The minimum atomic E-state index is -1.37. The predicted octanol–water partition coefficient (Wildman–Crippen LogP) is 3.96. The minimum Gasteiger partial charge on any atom is -0.466 e. The van der Waals surface area contributed by atoms with Gasteiger partial charge in [-0.2, -0.15) is 0 Å². The number of hydrogen-bond donors (Lipinski definition) is 1. The minimum absolute atomic E-state index is 0.0644. The number of aliphatic hydroxyl groups is 1. The van der Waals surface area contributed by atoms with Gasteiger partial charge in [-0.15, -0.1) is 0 Å². The van der Waals surface area contributed by atoms with E-state index in [9.17, 15) is 14.7 Å². The van der Waals surface area contributed by atoms with Gasteiger partial charge in [-0.1, -0.05) is 64.4 Å². The SMILES string of the molecule is CCCCCCCCCCCC=C(C(=O)OC)C(O)C(C)=O. The summed E-state index contributed by atoms with van der Waals surface area (Å²) in [4.78, 5) is 22.7. The maximum atomic E-state index is 11.5. The molecule has 0 aliphatic carbocycles. The highest BCUT2D eigenvalue weighted by molar-refractivity contribution is 5.98. The zero-order valence-electron chi connectivity index (χ0n) is 14.4. The van der Waals surface area contributed by atoms with Gasteiger partial charge in [0, 0.05) is 0 Å². The van der Waals surface area contributed by atoms with Gasteiger partial charge in [0.2, 0.25) is 0 Å². The number of carbonyl (C=O) groups excluding carboxylic acids is 2. The molecule has 1 N–H and O–H groups in total. The lowest BCUT2D eigenvalue weighted by atomic mass is 10.0. The zero-order valence-corrected chi connectivity index (χ0v) is 14.4. The Labute approximate surface area is 134 Å². The average molecular weight is 312 g/mol. The number of methoxy groups -OCH3 is 1. The van der Waals surface area contributed by atoms with Gasteiger partial charge in [0.05, 0.1) is 12.7 Å². The van der Waals surface area contributed by atoms with Crippen LogP contribution in [-0.2, 0) is 14.3 Å². The molecule has 0 heterocycles. The lowest BCUT2D eigenvalue weighted by Crippen LogP contribution is -2.25. The Kier molecular flexibility index (Phi) is 12.8. The summed E-state index contributed by atoms with van der Waals surface area (Å²) in [7, 11) is 1.25. The molecule has 1 unspecified atom stereocenters. The normalized spacial score (nSPS) is 13.0. The topological polar surface area (TPSA) is 63.6 Å². The van der Waals surface area contributed by atoms with Crippen LogP contribution in [0.3, 0.4) is 0 Å². The number of esters is 1. The molecule has 0 saturated heterocycles. The van der Waals surface area contributed by atoms with Crippen LogP contribution in [0.25, 0.3) is 0 Å². The van der Waals surface area contributed by atoms with Crippen molar-refractivity contribution in [1.29, 1.82) is 0 Å². The molecule has 0 radical (unpaired) electrons. The van der Waals surface area contributed by atoms with E-state index in [0.29, 0.717) is 6.42 Å². The van der Waals surface area contributed by atoms with E-state index in [1.54, 1.807) is 6.08 Å². The van der Waals surface area contributed by atoms with Gasteiger partial charge in [0.1, 0.15) is 6.10 Å². The lowest BCUT2D eigenvalue weighted by molar-refractivity contribution is -0.139. The van der Waals surface area contributed by atoms with Crippen molar-refractivity contribution in [1.82, 2.24) is 0 Å². The van der Waals surface area contributed by atoms with Crippen LogP contribution in [0.15, 0.2) is 11.6 Å². The highest BCUT2D eigenvalue weighted by Gasteiger charge is 2.22. The molecule has 0 spiro atoms. The van der Waals surface area contributed by atoms with Crippen molar-refractivity contribution < 1.29 is 19.4 Å². The predicted molar refractivity (Wildman–Crippen MR) is 88.6 cm³/mol. The summed E-state index contributed by atoms with van der Waals surface area (Å²) in [5.41, 5.74) is 0.0644. The molecule has 128 valence electrons. The van der Waals surface area contributed by atoms with Crippen LogP contribution in [0.5, 0.6) is 0 Å². The fourth-order valence-corrected chi connectivity index (χ4v) is 2.36. The fourth-order valence-electron chi connectivity index (χ4n) is 2.36. The second-order valence-electron chi connectivity index (χ2n) is 5.78. The monoisotopic (exact) mass is 312 g/mol. The highest BCUT2D eigenvalue weighted by Crippen LogP contribution is 2.13. The lowest BCUT2D eigenvalue weighted by Gasteiger charge is -2.10. The summed E-state index contributed by atoms with van der Waals surface area (Å²) in [5.74, 6) is -1.07. The third-order valence-corrected chi connectivity index (χ3v) is 3.77. The first-order valence-electron chi connectivity index (χ1n) is 8.51. The summed E-state index contributed by atoms with van der Waals surface area (Å²) in [6.07, 6.45) is 12.0. The first-order valence-corrected chi connectivity index (χ1v) is 8.51. The van der Waals surface area contributed by atoms with Crippen LogP contribution in [0.2, 0.25) is 0 Å². The molecular weight excluding hydrogens is 280 g/mol. The third kappa shape index (κ3) is 9.72. The van der Waals surface area contributed by atoms with E-state index in [1.165, 1.54) is 59.0 Å². The van der Waals surface area contributed by atoms with E-state index in [0.717, 1.165) is 12.8 Å². The Bertz CT molecular complexity index is 347. The quantitative estimate of drug-likeness (QED) is 0.318. The maximum absolute atomic E-state index is 11.5. The Hall–Kier alpha value is -1.16. The largest absolute Gasteiger partial charge is 0.466 e. The third-order valence-electron chi connectivity index (χ3n) is 3.77. The van der Waals surface area contributed by atoms with Crippen molar-refractivity contribution in [2.75, 3.05) is 7.11 Å². The first kappa shape index (κ1) is 20.8. The number of ether oxygens (including phenoxy) is 1. The van der Waals surface area contributed by atoms with Crippen LogP contribution in [-0.4, -0.2) is 30.1 Å². The standard InChI is InChI=1S/C18H32O4/c1-4-5-6-7-8-9-10-11-12-13-14-16(18(21)22-3)17(20)15(2)19/h14,17,20H,4-13H2,1-3H3. The number of unbranched alkanes of at least 4 members (excludes halogenated alkanes) is 9. The molecule has 4 nitrogen and oxygen atoms in total. The number of aliphatic hydroxyl groups excluding tert-OH is 1. The maximum Gasteiger partial charge on any atom is 0.336 e. The molecule has 0 amide bonds. The van der Waals surface area contributed by atoms with Crippen LogP contribution in [0.1, 0.15) is 78.1 Å². The fraction of sp³-hybridized carbons (Fsp3) is 0.778. The molecule has 0 rings (SSSR count). The van der Waals surface area contributed by atoms with Crippen LogP contribution < -0.4 is 0 Å². The van der Waals surface area contributed by atoms with Gasteiger partial charge in [-0.05, 0) is 19.8 Å². The van der Waals surface area contributed by atoms with Crippen molar-refractivity contribution in [3.8, 4) is 0 Å². The van der Waals surface area contributed by atoms with Crippen molar-refractivity contribution >= 4 is 11.8 Å². The summed E-state index contributed by atoms with van der Waals surface area (Å²) >= 11 is 0. The van der Waals surface area contributed by atoms with E-state index in [4.69, 9.17) is 0 Å². The number of Topliss-reactive ketones (excluding diaryl/α,β-unsaturated/α-hetero) is 1. The number of allylic oxidation sites excluding steroid dienone is 1. The summed E-state index contributed by atoms with van der Waals surface area (Å²) in [6.45, 7) is 3.49. The van der Waals surface area contributed by atoms with E-state index >= 15 is 0 Å². The molecule has 0 bridgehead atoms. The van der Waals surface area contributed by atoms with Gasteiger partial charge in [-0.3, -0.25) is 4.79 Å². The van der Waals surface area contributed by atoms with Gasteiger partial charge in [-0.25, -0.2) is 4.79 Å². The molecule has 0 aromatic carbocycles. The van der Waals surface area contributed by atoms with Crippen LogP contribution in [0.4, 0.5) is 0 Å². The summed E-state index contributed by atoms with van der Waals surface area (Å²) in [6, 6.07) is 0. The average Bonchev–Trinajstić information content (AvgIpc) is 2.51. The smallest absolute Gasteiger partial charge is 0.336 e. The molecule has 0 aliphatic rings. The molecule has 0 aliphatic heterocycles. The van der Waals surface area contributed by atoms with E-state index < -0.39 is 17.9 Å². The van der Waals surface area contributed by atoms with Crippen molar-refractivity contribution in [2.45, 2.75) is 84.2 Å². The molecule has 0 saturated carbocycles.